The molecule has 17 heteroatoms. The summed E-state index contributed by atoms with van der Waals surface area (Å²) < 4.78 is 41.8. The van der Waals surface area contributed by atoms with Crippen LogP contribution >= 0.6 is 11.6 Å². The van der Waals surface area contributed by atoms with Crippen molar-refractivity contribution in [1.82, 2.24) is 24.3 Å². The van der Waals surface area contributed by atoms with Crippen LogP contribution in [-0.4, -0.2) is 47.5 Å². The van der Waals surface area contributed by atoms with Crippen molar-refractivity contribution in [3.63, 3.8) is 0 Å². The number of carboxylic acids is 1. The third kappa shape index (κ3) is 7.28. The first kappa shape index (κ1) is 33.2. The molecule has 2 bridgehead atoms. The van der Waals surface area contributed by atoms with Gasteiger partial charge in [0, 0.05) is 40.5 Å². The molecule has 246 valence electrons. The van der Waals surface area contributed by atoms with Crippen LogP contribution in [0.25, 0.3) is 22.5 Å². The van der Waals surface area contributed by atoms with Gasteiger partial charge in [-0.05, 0) is 43.2 Å². The quantitative estimate of drug-likeness (QED) is 0.170. The van der Waals surface area contributed by atoms with Gasteiger partial charge in [-0.15, -0.1) is 0 Å². The smallest absolute Gasteiger partial charge is 0.432 e. The lowest BCUT2D eigenvalue weighted by Gasteiger charge is -2.23. The third-order valence-electron chi connectivity index (χ3n) is 7.63. The molecule has 13 nitrogen and oxygen atoms in total. The number of allylic oxidation sites excluding steroid dienone is 1. The zero-order valence-corrected chi connectivity index (χ0v) is 25.5. The average molecular weight is 672 g/mol. The summed E-state index contributed by atoms with van der Waals surface area (Å²) in [5, 5.41) is 17.4. The van der Waals surface area contributed by atoms with Crippen molar-refractivity contribution in [2.75, 3.05) is 10.3 Å². The Labute approximate surface area is 270 Å². The Morgan fingerprint density at radius 2 is 1.96 bits per heavy atom. The number of nitrogens with zero attached hydrogens (tertiary/aromatic N) is 6. The second-order valence-electron chi connectivity index (χ2n) is 10.9. The van der Waals surface area contributed by atoms with Crippen LogP contribution in [-0.2, 0) is 16.1 Å². The SMILES string of the molecule is C[C@@H]1CCC[C@H](n2cnc(-c3cc(Cl)ccc3N(N)/C=C(\N)C(F)(F)F)cc2=O)c2cc(ccn2)-c2c(cnn2CC(=O)O)NC1=O. The van der Waals surface area contributed by atoms with E-state index in [0.29, 0.717) is 53.1 Å². The standard InChI is InChI=1S/C30H29ClF3N9O4/c1-16-3-2-4-24(21-9-17(7-8-37-21)28-22(40-29(16)47)12-39-43(28)14-27(45)46)41-15-38-20(11-26(41)44)19-10-18(31)5-6-23(19)42(36)13-25(35)30(32,33)34/h5-13,15-16,24H,2-4,14,35-36H2,1H3,(H,40,47)(H,45,46)/b25-13-/t16-,24+/m1/s1. The summed E-state index contributed by atoms with van der Waals surface area (Å²) in [4.78, 5) is 47.2. The topological polar surface area (TPSA) is 187 Å². The van der Waals surface area contributed by atoms with E-state index in [-0.39, 0.29) is 27.9 Å². The summed E-state index contributed by atoms with van der Waals surface area (Å²) >= 11 is 6.19. The number of rotatable bonds is 6. The number of alkyl halides is 3. The Kier molecular flexibility index (Phi) is 9.35. The Morgan fingerprint density at radius 1 is 1.19 bits per heavy atom. The number of halogens is 4. The highest BCUT2D eigenvalue weighted by atomic mass is 35.5. The van der Waals surface area contributed by atoms with Gasteiger partial charge in [0.2, 0.25) is 5.91 Å². The van der Waals surface area contributed by atoms with E-state index < -0.39 is 41.9 Å². The molecule has 1 aliphatic rings. The Morgan fingerprint density at radius 3 is 2.66 bits per heavy atom. The van der Waals surface area contributed by atoms with Gasteiger partial charge in [-0.3, -0.25) is 33.6 Å². The number of aromatic nitrogens is 5. The maximum atomic E-state index is 13.7. The normalized spacial score (nSPS) is 17.2. The molecular weight excluding hydrogens is 643 g/mol. The number of hydrazine groups is 1. The summed E-state index contributed by atoms with van der Waals surface area (Å²) in [6.45, 7) is 1.30. The molecule has 1 amide bonds. The van der Waals surface area contributed by atoms with Gasteiger partial charge in [-0.1, -0.05) is 24.9 Å². The van der Waals surface area contributed by atoms with E-state index in [0.717, 1.165) is 0 Å². The Bertz CT molecular complexity index is 1920. The molecule has 2 atom stereocenters. The van der Waals surface area contributed by atoms with Gasteiger partial charge < -0.3 is 16.2 Å². The molecule has 3 aromatic heterocycles. The third-order valence-corrected chi connectivity index (χ3v) is 7.87. The van der Waals surface area contributed by atoms with Crippen LogP contribution in [0, 0.1) is 5.92 Å². The molecule has 1 aliphatic heterocycles. The highest BCUT2D eigenvalue weighted by molar-refractivity contribution is 6.31. The molecular formula is C30H29ClF3N9O4. The first-order chi connectivity index (χ1) is 22.2. The number of carbonyl (C=O) groups excluding carboxylic acids is 1. The number of aliphatic carboxylic acids is 1. The summed E-state index contributed by atoms with van der Waals surface area (Å²) in [6.07, 6.45) is 1.26. The van der Waals surface area contributed by atoms with Crippen LogP contribution in [0.15, 0.2) is 71.8 Å². The monoisotopic (exact) mass is 671 g/mol. The number of pyridine rings is 1. The molecule has 4 aromatic rings. The minimum Gasteiger partial charge on any atom is -0.480 e. The van der Waals surface area contributed by atoms with E-state index in [1.54, 1.807) is 19.1 Å². The maximum Gasteiger partial charge on any atom is 0.432 e. The van der Waals surface area contributed by atoms with Crippen LogP contribution in [0.3, 0.4) is 0 Å². The van der Waals surface area contributed by atoms with Crippen molar-refractivity contribution in [1.29, 1.82) is 0 Å². The second kappa shape index (κ2) is 13.3. The van der Waals surface area contributed by atoms with Crippen LogP contribution in [0.5, 0.6) is 0 Å². The molecule has 0 radical (unpaired) electrons. The number of fused-ring (bicyclic) bond motifs is 4. The van der Waals surface area contributed by atoms with Gasteiger partial charge in [-0.2, -0.15) is 18.3 Å². The van der Waals surface area contributed by atoms with Crippen molar-refractivity contribution in [2.24, 2.45) is 17.5 Å². The summed E-state index contributed by atoms with van der Waals surface area (Å²) in [7, 11) is 0. The number of carboxylic acid groups (broad SMARTS) is 1. The fourth-order valence-corrected chi connectivity index (χ4v) is 5.44. The van der Waals surface area contributed by atoms with E-state index in [1.165, 1.54) is 52.2 Å². The molecule has 0 saturated heterocycles. The lowest BCUT2D eigenvalue weighted by atomic mass is 9.97. The highest BCUT2D eigenvalue weighted by Crippen LogP contribution is 2.35. The number of amides is 1. The summed E-state index contributed by atoms with van der Waals surface area (Å²) in [6, 6.07) is 8.08. The van der Waals surface area contributed by atoms with E-state index in [4.69, 9.17) is 23.2 Å². The van der Waals surface area contributed by atoms with E-state index in [1.807, 2.05) is 0 Å². The summed E-state index contributed by atoms with van der Waals surface area (Å²) in [5.74, 6) is 4.09. The van der Waals surface area contributed by atoms with Crippen molar-refractivity contribution in [3.05, 3.63) is 88.1 Å². The molecule has 1 aromatic carbocycles. The fourth-order valence-electron chi connectivity index (χ4n) is 5.26. The fraction of sp³-hybridized carbons (Fsp3) is 0.267. The number of carbonyl (C=O) groups is 2. The largest absolute Gasteiger partial charge is 0.480 e. The van der Waals surface area contributed by atoms with E-state index >= 15 is 0 Å². The molecule has 0 aliphatic carbocycles. The molecule has 6 N–H and O–H groups in total. The van der Waals surface area contributed by atoms with Crippen LogP contribution in [0.2, 0.25) is 5.02 Å². The molecule has 0 spiro atoms. The molecule has 0 fully saturated rings. The minimum absolute atomic E-state index is 0.0488. The van der Waals surface area contributed by atoms with Gasteiger partial charge in [0.05, 0.1) is 47.0 Å². The van der Waals surface area contributed by atoms with E-state index in [2.05, 4.69) is 20.4 Å². The zero-order chi connectivity index (χ0) is 34.0. The Hall–Kier alpha value is -5.22. The molecule has 4 heterocycles. The number of benzene rings is 1. The lowest BCUT2D eigenvalue weighted by molar-refractivity contribution is -0.137. The predicted octanol–water partition coefficient (Wildman–Crippen LogP) is 4.30. The minimum atomic E-state index is -4.82. The van der Waals surface area contributed by atoms with Crippen molar-refractivity contribution >= 4 is 34.9 Å². The number of hydrogen-bond donors (Lipinski definition) is 4. The number of nitrogens with one attached hydrogen (secondary N) is 1. The molecule has 5 rings (SSSR count). The van der Waals surface area contributed by atoms with Crippen LogP contribution in [0.4, 0.5) is 24.5 Å². The zero-order valence-electron chi connectivity index (χ0n) is 24.8. The van der Waals surface area contributed by atoms with Gasteiger partial charge in [0.1, 0.15) is 12.2 Å². The van der Waals surface area contributed by atoms with Gasteiger partial charge in [0.25, 0.3) is 5.56 Å². The van der Waals surface area contributed by atoms with Gasteiger partial charge in [0.15, 0.2) is 0 Å². The van der Waals surface area contributed by atoms with Crippen LogP contribution < -0.4 is 27.5 Å². The Balaban J connectivity index is 1.59. The summed E-state index contributed by atoms with van der Waals surface area (Å²) in [5.41, 5.74) is 5.18. The lowest BCUT2D eigenvalue weighted by Crippen LogP contribution is -2.30. The molecule has 0 saturated carbocycles. The first-order valence-electron chi connectivity index (χ1n) is 14.2. The van der Waals surface area contributed by atoms with Gasteiger partial charge in [-0.25, -0.2) is 10.8 Å². The predicted molar refractivity (Wildman–Crippen MR) is 167 cm³/mol. The van der Waals surface area contributed by atoms with Crippen molar-refractivity contribution in [2.45, 2.75) is 44.9 Å². The first-order valence-corrected chi connectivity index (χ1v) is 14.6. The molecule has 0 unspecified atom stereocenters. The molecule has 47 heavy (non-hydrogen) atoms. The number of anilines is 2. The second-order valence-corrected chi connectivity index (χ2v) is 11.4. The van der Waals surface area contributed by atoms with E-state index in [9.17, 15) is 32.7 Å². The number of hydrogen-bond acceptors (Lipinski definition) is 9. The van der Waals surface area contributed by atoms with Crippen molar-refractivity contribution < 1.29 is 27.9 Å². The maximum absolute atomic E-state index is 13.7. The number of nitrogens with two attached hydrogens (primary N) is 2. The van der Waals surface area contributed by atoms with Crippen molar-refractivity contribution in [3.8, 4) is 22.5 Å². The average Bonchev–Trinajstić information content (AvgIpc) is 3.39. The van der Waals surface area contributed by atoms with Gasteiger partial charge >= 0.3 is 12.1 Å². The van der Waals surface area contributed by atoms with Crippen LogP contribution in [0.1, 0.15) is 37.9 Å². The highest BCUT2D eigenvalue weighted by Gasteiger charge is 2.32.